The van der Waals surface area contributed by atoms with Gasteiger partial charge in [-0.3, -0.25) is 20.2 Å². The summed E-state index contributed by atoms with van der Waals surface area (Å²) in [6.07, 6.45) is 2.19. The van der Waals surface area contributed by atoms with Crippen LogP contribution in [0.15, 0.2) is 18.2 Å². The van der Waals surface area contributed by atoms with Crippen LogP contribution in [0, 0.1) is 10.1 Å². The molecule has 0 bridgehead atoms. The van der Waals surface area contributed by atoms with Crippen molar-refractivity contribution in [2.75, 3.05) is 6.61 Å². The van der Waals surface area contributed by atoms with Crippen LogP contribution in [-0.4, -0.2) is 29.8 Å². The molecule has 1 aromatic carbocycles. The molecule has 120 valence electrons. The first-order chi connectivity index (χ1) is 10.5. The molecule has 7 nitrogen and oxygen atoms in total. The van der Waals surface area contributed by atoms with E-state index in [0.29, 0.717) is 5.02 Å². The Morgan fingerprint density at radius 2 is 2.27 bits per heavy atom. The number of halogens is 1. The van der Waals surface area contributed by atoms with E-state index in [-0.39, 0.29) is 36.3 Å². The number of hydrogen-bond donors (Lipinski definition) is 1. The standard InChI is InChI=1S/C14H17ClN2O5/c1-9(18)21-8-10-3-2-4-14(16-10)22-13-7-11(17(19)20)5-6-12(13)15/h5-7,10,14,16H,2-4,8H2,1H3/t10-,14+/m1/s1. The molecule has 1 heterocycles. The molecule has 1 N–H and O–H groups in total. The Morgan fingerprint density at radius 1 is 1.50 bits per heavy atom. The lowest BCUT2D eigenvalue weighted by Gasteiger charge is -2.31. The lowest BCUT2D eigenvalue weighted by molar-refractivity contribution is -0.385. The largest absolute Gasteiger partial charge is 0.474 e. The zero-order valence-electron chi connectivity index (χ0n) is 12.1. The summed E-state index contributed by atoms with van der Waals surface area (Å²) in [5, 5.41) is 14.3. The van der Waals surface area contributed by atoms with E-state index < -0.39 is 4.92 Å². The van der Waals surface area contributed by atoms with Crippen molar-refractivity contribution in [1.29, 1.82) is 0 Å². The number of ether oxygens (including phenoxy) is 2. The topological polar surface area (TPSA) is 90.7 Å². The molecule has 1 aromatic rings. The number of nitrogens with one attached hydrogen (secondary N) is 1. The summed E-state index contributed by atoms with van der Waals surface area (Å²) in [5.74, 6) is -0.0620. The van der Waals surface area contributed by atoms with E-state index in [1.54, 1.807) is 0 Å². The maximum atomic E-state index is 10.8. The van der Waals surface area contributed by atoms with Crippen LogP contribution in [0.3, 0.4) is 0 Å². The van der Waals surface area contributed by atoms with Gasteiger partial charge in [-0.2, -0.15) is 0 Å². The average Bonchev–Trinajstić information content (AvgIpc) is 2.47. The number of benzene rings is 1. The summed E-state index contributed by atoms with van der Waals surface area (Å²) < 4.78 is 10.7. The van der Waals surface area contributed by atoms with Crippen LogP contribution < -0.4 is 10.1 Å². The van der Waals surface area contributed by atoms with E-state index in [4.69, 9.17) is 21.1 Å². The first-order valence-corrected chi connectivity index (χ1v) is 7.33. The fraction of sp³-hybridized carbons (Fsp3) is 0.500. The van der Waals surface area contributed by atoms with Gasteiger partial charge in [0.1, 0.15) is 12.4 Å². The van der Waals surface area contributed by atoms with Gasteiger partial charge in [0.25, 0.3) is 5.69 Å². The van der Waals surface area contributed by atoms with E-state index >= 15 is 0 Å². The van der Waals surface area contributed by atoms with Gasteiger partial charge in [0.05, 0.1) is 16.0 Å². The molecule has 0 radical (unpaired) electrons. The Kier molecular flexibility index (Phi) is 5.57. The summed E-state index contributed by atoms with van der Waals surface area (Å²) in [6, 6.07) is 4.07. The molecule has 1 saturated heterocycles. The highest BCUT2D eigenvalue weighted by Gasteiger charge is 2.24. The third kappa shape index (κ3) is 4.57. The van der Waals surface area contributed by atoms with Gasteiger partial charge in [0.2, 0.25) is 0 Å². The number of carbonyl (C=O) groups is 1. The molecule has 0 aliphatic carbocycles. The number of non-ortho nitro benzene ring substituents is 1. The molecule has 0 amide bonds. The normalized spacial score (nSPS) is 21.2. The number of nitrogens with zero attached hydrogens (tertiary/aromatic N) is 1. The Morgan fingerprint density at radius 3 is 2.95 bits per heavy atom. The highest BCUT2D eigenvalue weighted by Crippen LogP contribution is 2.30. The number of hydrogen-bond acceptors (Lipinski definition) is 6. The van der Waals surface area contributed by atoms with E-state index in [9.17, 15) is 14.9 Å². The van der Waals surface area contributed by atoms with Crippen LogP contribution in [0.1, 0.15) is 26.2 Å². The zero-order chi connectivity index (χ0) is 16.1. The van der Waals surface area contributed by atoms with Gasteiger partial charge in [-0.05, 0) is 25.3 Å². The molecule has 8 heteroatoms. The molecular weight excluding hydrogens is 312 g/mol. The SMILES string of the molecule is CC(=O)OC[C@H]1CCC[C@H](Oc2cc([N+](=O)[O-])ccc2Cl)N1. The van der Waals surface area contributed by atoms with Crippen molar-refractivity contribution in [3.63, 3.8) is 0 Å². The van der Waals surface area contributed by atoms with Gasteiger partial charge in [0.15, 0.2) is 6.23 Å². The molecule has 2 atom stereocenters. The Balaban J connectivity index is 1.99. The third-order valence-corrected chi connectivity index (χ3v) is 3.64. The fourth-order valence-electron chi connectivity index (χ4n) is 2.27. The molecule has 0 saturated carbocycles. The fourth-order valence-corrected chi connectivity index (χ4v) is 2.43. The van der Waals surface area contributed by atoms with Crippen molar-refractivity contribution < 1.29 is 19.2 Å². The van der Waals surface area contributed by atoms with Crippen LogP contribution in [0.2, 0.25) is 5.02 Å². The monoisotopic (exact) mass is 328 g/mol. The summed E-state index contributed by atoms with van der Waals surface area (Å²) in [7, 11) is 0. The zero-order valence-corrected chi connectivity index (χ0v) is 12.8. The number of rotatable bonds is 5. The number of nitro benzene ring substituents is 1. The van der Waals surface area contributed by atoms with Crippen LogP contribution in [-0.2, 0) is 9.53 Å². The lowest BCUT2D eigenvalue weighted by atomic mass is 10.0. The summed E-state index contributed by atoms with van der Waals surface area (Å²) in [6.45, 7) is 1.64. The second kappa shape index (κ2) is 7.42. The summed E-state index contributed by atoms with van der Waals surface area (Å²) in [4.78, 5) is 21.1. The number of carbonyl (C=O) groups excluding carboxylic acids is 1. The predicted octanol–water partition coefficient (Wildman–Crippen LogP) is 2.66. The highest BCUT2D eigenvalue weighted by atomic mass is 35.5. The molecule has 1 aliphatic heterocycles. The van der Waals surface area contributed by atoms with Crippen molar-refractivity contribution in [3.8, 4) is 5.75 Å². The van der Waals surface area contributed by atoms with E-state index in [1.165, 1.54) is 25.1 Å². The summed E-state index contributed by atoms with van der Waals surface area (Å²) in [5.41, 5.74) is -0.0772. The van der Waals surface area contributed by atoms with Crippen LogP contribution in [0.4, 0.5) is 5.69 Å². The highest BCUT2D eigenvalue weighted by molar-refractivity contribution is 6.32. The van der Waals surface area contributed by atoms with E-state index in [1.807, 2.05) is 0 Å². The van der Waals surface area contributed by atoms with Crippen LogP contribution in [0.25, 0.3) is 0 Å². The Bertz CT molecular complexity index is 566. The Labute approximate surface area is 132 Å². The molecule has 1 aliphatic rings. The first kappa shape index (κ1) is 16.5. The van der Waals surface area contributed by atoms with Gasteiger partial charge >= 0.3 is 5.97 Å². The number of esters is 1. The van der Waals surface area contributed by atoms with Crippen molar-refractivity contribution in [3.05, 3.63) is 33.3 Å². The maximum absolute atomic E-state index is 10.8. The van der Waals surface area contributed by atoms with Crippen molar-refractivity contribution in [2.45, 2.75) is 38.5 Å². The lowest BCUT2D eigenvalue weighted by Crippen LogP contribution is -2.47. The smallest absolute Gasteiger partial charge is 0.302 e. The second-order valence-corrected chi connectivity index (χ2v) is 5.48. The minimum absolute atomic E-state index is 0.000114. The molecule has 2 rings (SSSR count). The summed E-state index contributed by atoms with van der Waals surface area (Å²) >= 11 is 6.01. The van der Waals surface area contributed by atoms with Gasteiger partial charge in [-0.15, -0.1) is 0 Å². The first-order valence-electron chi connectivity index (χ1n) is 6.95. The average molecular weight is 329 g/mol. The van der Waals surface area contributed by atoms with Crippen molar-refractivity contribution >= 4 is 23.3 Å². The number of nitro groups is 1. The molecule has 22 heavy (non-hydrogen) atoms. The van der Waals surface area contributed by atoms with E-state index in [2.05, 4.69) is 5.32 Å². The molecule has 1 fully saturated rings. The Hall–Kier alpha value is -1.86. The maximum Gasteiger partial charge on any atom is 0.302 e. The van der Waals surface area contributed by atoms with Crippen molar-refractivity contribution in [2.24, 2.45) is 0 Å². The second-order valence-electron chi connectivity index (χ2n) is 5.08. The van der Waals surface area contributed by atoms with Gasteiger partial charge < -0.3 is 9.47 Å². The predicted molar refractivity (Wildman–Crippen MR) is 79.9 cm³/mol. The quantitative estimate of drug-likeness (QED) is 0.507. The van der Waals surface area contributed by atoms with Crippen LogP contribution in [0.5, 0.6) is 5.75 Å². The minimum atomic E-state index is -0.499. The molecule has 0 spiro atoms. The third-order valence-electron chi connectivity index (χ3n) is 3.32. The molecule has 0 unspecified atom stereocenters. The van der Waals surface area contributed by atoms with Crippen LogP contribution >= 0.6 is 11.6 Å². The minimum Gasteiger partial charge on any atom is -0.474 e. The van der Waals surface area contributed by atoms with E-state index in [0.717, 1.165) is 19.3 Å². The van der Waals surface area contributed by atoms with Gasteiger partial charge in [0, 0.05) is 19.0 Å². The van der Waals surface area contributed by atoms with Gasteiger partial charge in [-0.25, -0.2) is 0 Å². The molecule has 0 aromatic heterocycles. The van der Waals surface area contributed by atoms with Gasteiger partial charge in [-0.1, -0.05) is 11.6 Å². The molecular formula is C14H17ClN2O5. The van der Waals surface area contributed by atoms with Crippen molar-refractivity contribution in [1.82, 2.24) is 5.32 Å². The number of piperidine rings is 1.